The van der Waals surface area contributed by atoms with E-state index in [1.165, 1.54) is 12.1 Å². The summed E-state index contributed by atoms with van der Waals surface area (Å²) in [6.07, 6.45) is 0.809. The molecule has 1 N–H and O–H groups in total. The van der Waals surface area contributed by atoms with E-state index in [0.29, 0.717) is 0 Å². The maximum atomic E-state index is 12.4. The van der Waals surface area contributed by atoms with Crippen LogP contribution in [0.2, 0.25) is 0 Å². The molecule has 5 nitrogen and oxygen atoms in total. The third kappa shape index (κ3) is 6.46. The summed E-state index contributed by atoms with van der Waals surface area (Å²) in [6, 6.07) is 5.25. The number of rotatable bonds is 5. The lowest BCUT2D eigenvalue weighted by Gasteiger charge is -2.36. The fraction of sp³-hybridized carbons (Fsp3) is 0.647. The van der Waals surface area contributed by atoms with Gasteiger partial charge in [-0.15, -0.1) is 0 Å². The van der Waals surface area contributed by atoms with Gasteiger partial charge in [0.15, 0.2) is 0 Å². The summed E-state index contributed by atoms with van der Waals surface area (Å²) in [6.45, 7) is 12.4. The molecule has 0 amide bonds. The van der Waals surface area contributed by atoms with E-state index in [4.69, 9.17) is 0 Å². The zero-order valence-electron chi connectivity index (χ0n) is 16.2. The molecular formula is C17H26F3NO4S2. The van der Waals surface area contributed by atoms with Gasteiger partial charge in [0.2, 0.25) is 0 Å². The van der Waals surface area contributed by atoms with Crippen LogP contribution in [0.3, 0.4) is 0 Å². The molecule has 10 heteroatoms. The number of hydrogen-bond donors (Lipinski definition) is 1. The van der Waals surface area contributed by atoms with Crippen molar-refractivity contribution < 1.29 is 30.0 Å². The Balaban J connectivity index is 3.24. The van der Waals surface area contributed by atoms with Crippen LogP contribution in [-0.2, 0) is 20.0 Å². The van der Waals surface area contributed by atoms with Crippen molar-refractivity contribution in [3.05, 3.63) is 29.8 Å². The Hall–Kier alpha value is -1.13. The van der Waals surface area contributed by atoms with E-state index in [9.17, 15) is 30.0 Å². The Morgan fingerprint density at radius 2 is 1.33 bits per heavy atom. The van der Waals surface area contributed by atoms with Gasteiger partial charge in [-0.2, -0.15) is 13.2 Å². The summed E-state index contributed by atoms with van der Waals surface area (Å²) in [4.78, 5) is -0.553. The van der Waals surface area contributed by atoms with Gasteiger partial charge in [0.25, 0.3) is 10.0 Å². The maximum Gasteiger partial charge on any atom is 0.512 e. The standard InChI is InChI=1S/C17H26F3NO4S2/c1-15(2,3)11-14(16(4,5)6)12-7-9-13(10-8-12)26(22,23)21-27(24,25)17(18,19)20/h7-10,14,21H,11H2,1-6H3. The van der Waals surface area contributed by atoms with Gasteiger partial charge in [0, 0.05) is 0 Å². The van der Waals surface area contributed by atoms with Crippen molar-refractivity contribution >= 4 is 20.0 Å². The highest BCUT2D eigenvalue weighted by molar-refractivity contribution is 8.05. The smallest absolute Gasteiger partial charge is 0.206 e. The van der Waals surface area contributed by atoms with E-state index in [1.54, 1.807) is 0 Å². The molecule has 0 heterocycles. The van der Waals surface area contributed by atoms with Crippen LogP contribution in [0.15, 0.2) is 29.2 Å². The highest BCUT2D eigenvalue weighted by atomic mass is 32.3. The van der Waals surface area contributed by atoms with Crippen LogP contribution < -0.4 is 4.13 Å². The van der Waals surface area contributed by atoms with Gasteiger partial charge in [-0.05, 0) is 40.9 Å². The Morgan fingerprint density at radius 1 is 0.889 bits per heavy atom. The first-order valence-electron chi connectivity index (χ1n) is 8.21. The molecule has 0 aliphatic heterocycles. The third-order valence-corrected chi connectivity index (χ3v) is 7.24. The SMILES string of the molecule is CC(C)(C)CC(c1ccc(S(=O)(=O)NS(=O)(=O)C(F)(F)F)cc1)C(C)(C)C. The molecule has 1 unspecified atom stereocenters. The van der Waals surface area contributed by atoms with Gasteiger partial charge >= 0.3 is 15.5 Å². The van der Waals surface area contributed by atoms with Crippen LogP contribution in [0, 0.1) is 10.8 Å². The summed E-state index contributed by atoms with van der Waals surface area (Å²) >= 11 is 0. The number of hydrogen-bond acceptors (Lipinski definition) is 4. The Kier molecular flexibility index (Phi) is 6.52. The molecule has 1 aromatic carbocycles. The van der Waals surface area contributed by atoms with E-state index in [0.717, 1.165) is 28.2 Å². The van der Waals surface area contributed by atoms with Crippen LogP contribution in [-0.4, -0.2) is 22.3 Å². The quantitative estimate of drug-likeness (QED) is 0.753. The number of benzene rings is 1. The van der Waals surface area contributed by atoms with E-state index in [-0.39, 0.29) is 16.7 Å². The predicted octanol–water partition coefficient (Wildman–Crippen LogP) is 4.38. The molecule has 0 spiro atoms. The lowest BCUT2D eigenvalue weighted by molar-refractivity contribution is -0.0441. The van der Waals surface area contributed by atoms with Crippen LogP contribution in [0.4, 0.5) is 13.2 Å². The van der Waals surface area contributed by atoms with Gasteiger partial charge in [0.1, 0.15) is 0 Å². The molecule has 0 fully saturated rings. The molecular weight excluding hydrogens is 403 g/mol. The minimum absolute atomic E-state index is 0.00500. The van der Waals surface area contributed by atoms with Crippen LogP contribution in [0.25, 0.3) is 0 Å². The Morgan fingerprint density at radius 3 is 1.67 bits per heavy atom. The predicted molar refractivity (Wildman–Crippen MR) is 98.0 cm³/mol. The van der Waals surface area contributed by atoms with Crippen molar-refractivity contribution in [1.82, 2.24) is 4.13 Å². The fourth-order valence-electron chi connectivity index (χ4n) is 2.66. The largest absolute Gasteiger partial charge is 0.512 e. The van der Waals surface area contributed by atoms with E-state index >= 15 is 0 Å². The maximum absolute atomic E-state index is 12.4. The molecule has 0 saturated carbocycles. The van der Waals surface area contributed by atoms with Crippen LogP contribution in [0.1, 0.15) is 59.4 Å². The molecule has 0 aromatic heterocycles. The van der Waals surface area contributed by atoms with E-state index in [2.05, 4.69) is 20.8 Å². The first-order valence-corrected chi connectivity index (χ1v) is 11.2. The highest BCUT2D eigenvalue weighted by Crippen LogP contribution is 2.43. The number of sulfonamides is 2. The molecule has 1 atom stereocenters. The number of alkyl halides is 3. The normalized spacial score (nSPS) is 15.6. The Labute approximate surface area is 159 Å². The van der Waals surface area contributed by atoms with Crippen molar-refractivity contribution in [3.63, 3.8) is 0 Å². The molecule has 27 heavy (non-hydrogen) atoms. The Bertz CT molecular complexity index is 861. The third-order valence-electron chi connectivity index (χ3n) is 3.98. The van der Waals surface area contributed by atoms with Crippen molar-refractivity contribution in [3.8, 4) is 0 Å². The molecule has 1 aromatic rings. The van der Waals surface area contributed by atoms with E-state index in [1.807, 2.05) is 20.8 Å². The van der Waals surface area contributed by atoms with Crippen LogP contribution >= 0.6 is 0 Å². The lowest BCUT2D eigenvalue weighted by Crippen LogP contribution is -2.40. The second kappa shape index (κ2) is 7.36. The summed E-state index contributed by atoms with van der Waals surface area (Å²) < 4.78 is 84.2. The summed E-state index contributed by atoms with van der Waals surface area (Å²) in [5.74, 6) is 0.0705. The van der Waals surface area contributed by atoms with Crippen molar-refractivity contribution in [1.29, 1.82) is 0 Å². The van der Waals surface area contributed by atoms with Gasteiger partial charge in [0.05, 0.1) is 4.90 Å². The molecule has 0 aliphatic carbocycles. The van der Waals surface area contributed by atoms with Crippen LogP contribution in [0.5, 0.6) is 0 Å². The second-order valence-electron chi connectivity index (χ2n) is 8.79. The molecule has 0 radical (unpaired) electrons. The van der Waals surface area contributed by atoms with Gasteiger partial charge in [-0.1, -0.05) is 57.8 Å². The van der Waals surface area contributed by atoms with Gasteiger partial charge < -0.3 is 0 Å². The summed E-state index contributed by atoms with van der Waals surface area (Å²) in [7, 11) is -10.9. The molecule has 1 rings (SSSR count). The average molecular weight is 430 g/mol. The average Bonchev–Trinajstić information content (AvgIpc) is 2.40. The zero-order valence-corrected chi connectivity index (χ0v) is 17.8. The molecule has 0 aliphatic rings. The molecule has 0 saturated heterocycles. The van der Waals surface area contributed by atoms with Crippen molar-refractivity contribution in [2.45, 2.75) is 64.3 Å². The molecule has 156 valence electrons. The topological polar surface area (TPSA) is 80.3 Å². The van der Waals surface area contributed by atoms with Gasteiger partial charge in [-0.3, -0.25) is 0 Å². The zero-order chi connectivity index (χ0) is 21.5. The monoisotopic (exact) mass is 429 g/mol. The van der Waals surface area contributed by atoms with Gasteiger partial charge in [-0.25, -0.2) is 16.8 Å². The highest BCUT2D eigenvalue weighted by Gasteiger charge is 2.48. The minimum Gasteiger partial charge on any atom is -0.206 e. The first-order chi connectivity index (χ1) is 11.8. The number of halogens is 3. The fourth-order valence-corrected chi connectivity index (χ4v) is 5.07. The number of nitrogens with one attached hydrogen (secondary N) is 1. The minimum atomic E-state index is -6.02. The van der Waals surface area contributed by atoms with Crippen molar-refractivity contribution in [2.24, 2.45) is 10.8 Å². The summed E-state index contributed by atoms with van der Waals surface area (Å²) in [5, 5.41) is 0. The molecule has 0 bridgehead atoms. The van der Waals surface area contributed by atoms with Crippen molar-refractivity contribution in [2.75, 3.05) is 0 Å². The second-order valence-corrected chi connectivity index (χ2v) is 12.4. The summed E-state index contributed by atoms with van der Waals surface area (Å²) in [5.41, 5.74) is -5.02. The van der Waals surface area contributed by atoms with E-state index < -0.39 is 30.5 Å². The lowest BCUT2D eigenvalue weighted by atomic mass is 9.69. The first kappa shape index (κ1) is 23.9.